The lowest BCUT2D eigenvalue weighted by atomic mass is 10.2. The van der Waals surface area contributed by atoms with Gasteiger partial charge < -0.3 is 15.4 Å². The molecule has 0 amide bonds. The second kappa shape index (κ2) is 6.48. The van der Waals surface area contributed by atoms with E-state index in [-0.39, 0.29) is 5.97 Å². The Balaban J connectivity index is 1.76. The van der Waals surface area contributed by atoms with E-state index in [0.29, 0.717) is 10.1 Å². The number of ether oxygens (including phenoxy) is 1. The molecule has 1 fully saturated rings. The Labute approximate surface area is 138 Å². The summed E-state index contributed by atoms with van der Waals surface area (Å²) in [4.78, 5) is 14.1. The molecule has 1 aliphatic heterocycles. The summed E-state index contributed by atoms with van der Waals surface area (Å²) >= 11 is 6.62. The van der Waals surface area contributed by atoms with E-state index in [9.17, 15) is 4.79 Å². The van der Waals surface area contributed by atoms with Crippen molar-refractivity contribution in [2.45, 2.75) is 11.4 Å². The minimum Gasteiger partial charge on any atom is -0.426 e. The Morgan fingerprint density at radius 1 is 1.09 bits per heavy atom. The van der Waals surface area contributed by atoms with Crippen molar-refractivity contribution < 1.29 is 9.53 Å². The molecule has 0 radical (unpaired) electrons. The van der Waals surface area contributed by atoms with E-state index >= 15 is 0 Å². The van der Waals surface area contributed by atoms with Crippen molar-refractivity contribution in [2.75, 3.05) is 4.90 Å². The van der Waals surface area contributed by atoms with Crippen LogP contribution in [0.4, 0.5) is 5.69 Å². The summed E-state index contributed by atoms with van der Waals surface area (Å²) in [6.45, 7) is 0. The summed E-state index contributed by atoms with van der Waals surface area (Å²) in [5.41, 5.74) is 7.09. The van der Waals surface area contributed by atoms with Crippen molar-refractivity contribution in [3.63, 3.8) is 0 Å². The molecule has 0 unspecified atom stereocenters. The Kier molecular flexibility index (Phi) is 4.42. The van der Waals surface area contributed by atoms with Gasteiger partial charge in [-0.05, 0) is 24.3 Å². The van der Waals surface area contributed by atoms with E-state index < -0.39 is 11.4 Å². The second-order valence-electron chi connectivity index (χ2n) is 4.73. The molecule has 0 aromatic heterocycles. The van der Waals surface area contributed by atoms with E-state index in [1.165, 1.54) is 11.8 Å². The zero-order chi connectivity index (χ0) is 15.5. The molecule has 0 aliphatic carbocycles. The third kappa shape index (κ3) is 2.99. The number of hydrogen-bond donors (Lipinski definition) is 1. The fourth-order valence-corrected chi connectivity index (χ4v) is 3.71. The Bertz CT molecular complexity index is 679. The number of thiocarbonyl (C=S) groups is 1. The first-order chi connectivity index (χ1) is 10.7. The third-order valence-electron chi connectivity index (χ3n) is 3.26. The maximum atomic E-state index is 12.3. The molecule has 2 aromatic carbocycles. The highest BCUT2D eigenvalue weighted by Crippen LogP contribution is 2.34. The van der Waals surface area contributed by atoms with Crippen LogP contribution in [0, 0.1) is 0 Å². The Morgan fingerprint density at radius 3 is 2.32 bits per heavy atom. The molecule has 1 saturated heterocycles. The van der Waals surface area contributed by atoms with Gasteiger partial charge in [0.15, 0.2) is 0 Å². The Morgan fingerprint density at radius 2 is 1.68 bits per heavy atom. The first-order valence-electron chi connectivity index (χ1n) is 6.74. The number of carbonyl (C=O) groups excluding carboxylic acids is 1. The molecule has 0 spiro atoms. The van der Waals surface area contributed by atoms with Crippen LogP contribution in [-0.2, 0) is 4.79 Å². The van der Waals surface area contributed by atoms with E-state index in [0.717, 1.165) is 5.69 Å². The van der Waals surface area contributed by atoms with Gasteiger partial charge in [-0.2, -0.15) is 0 Å². The monoisotopic (exact) mass is 330 g/mol. The number of thioether (sulfide) groups is 1. The van der Waals surface area contributed by atoms with E-state index in [1.807, 2.05) is 48.5 Å². The van der Waals surface area contributed by atoms with Gasteiger partial charge >= 0.3 is 5.97 Å². The molecule has 2 atom stereocenters. The van der Waals surface area contributed by atoms with Gasteiger partial charge in [0.2, 0.25) is 0 Å². The predicted molar refractivity (Wildman–Crippen MR) is 93.0 cm³/mol. The fourth-order valence-electron chi connectivity index (χ4n) is 2.21. The van der Waals surface area contributed by atoms with E-state index in [4.69, 9.17) is 22.7 Å². The molecular weight excluding hydrogens is 316 g/mol. The molecule has 1 heterocycles. The van der Waals surface area contributed by atoms with Crippen LogP contribution in [0.5, 0.6) is 5.75 Å². The number of hydrogen-bond acceptors (Lipinski definition) is 5. The summed E-state index contributed by atoms with van der Waals surface area (Å²) in [6.07, 6.45) is -0.545. The molecule has 6 heteroatoms. The number of esters is 1. The number of rotatable bonds is 3. The predicted octanol–water partition coefficient (Wildman–Crippen LogP) is 2.78. The van der Waals surface area contributed by atoms with Gasteiger partial charge in [-0.3, -0.25) is 4.79 Å². The van der Waals surface area contributed by atoms with Crippen LogP contribution in [-0.4, -0.2) is 21.7 Å². The van der Waals surface area contributed by atoms with Crippen LogP contribution in [0.2, 0.25) is 0 Å². The van der Waals surface area contributed by atoms with Gasteiger partial charge in [-0.25, -0.2) is 0 Å². The number of nitrogens with zero attached hydrogens (tertiary/aromatic N) is 1. The second-order valence-corrected chi connectivity index (χ2v) is 6.51. The van der Waals surface area contributed by atoms with Gasteiger partial charge in [-0.15, -0.1) is 0 Å². The van der Waals surface area contributed by atoms with Gasteiger partial charge in [0.05, 0.1) is 0 Å². The minimum absolute atomic E-state index is 0.385. The summed E-state index contributed by atoms with van der Waals surface area (Å²) in [6, 6.07) is 18.5. The molecule has 3 rings (SSSR count). The van der Waals surface area contributed by atoms with Gasteiger partial charge in [0.25, 0.3) is 0 Å². The number of nitrogens with two attached hydrogens (primary N) is 1. The van der Waals surface area contributed by atoms with E-state index in [1.54, 1.807) is 17.0 Å². The zero-order valence-corrected chi connectivity index (χ0v) is 13.2. The van der Waals surface area contributed by atoms with Crippen LogP contribution >= 0.6 is 24.0 Å². The first kappa shape index (κ1) is 15.0. The molecule has 2 aromatic rings. The van der Waals surface area contributed by atoms with Crippen LogP contribution in [0.1, 0.15) is 0 Å². The van der Waals surface area contributed by atoms with Crippen molar-refractivity contribution in [3.05, 3.63) is 60.7 Å². The van der Waals surface area contributed by atoms with Crippen LogP contribution in [0.3, 0.4) is 0 Å². The molecule has 2 N–H and O–H groups in total. The highest BCUT2D eigenvalue weighted by Gasteiger charge is 2.42. The lowest BCUT2D eigenvalue weighted by Crippen LogP contribution is -2.47. The van der Waals surface area contributed by atoms with Crippen molar-refractivity contribution >= 4 is 40.0 Å². The lowest BCUT2D eigenvalue weighted by molar-refractivity contribution is -0.134. The SMILES string of the molecule is N[C@@H]1[C@@H](C(=O)Oc2ccccc2)SC(=S)N1c1ccccc1. The maximum absolute atomic E-state index is 12.3. The quantitative estimate of drug-likeness (QED) is 0.530. The largest absolute Gasteiger partial charge is 0.426 e. The molecule has 0 saturated carbocycles. The van der Waals surface area contributed by atoms with Crippen LogP contribution in [0.25, 0.3) is 0 Å². The molecular formula is C16H14N2O2S2. The van der Waals surface area contributed by atoms with Crippen molar-refractivity contribution in [1.82, 2.24) is 0 Å². The summed E-state index contributed by atoms with van der Waals surface area (Å²) in [5, 5.41) is -0.548. The maximum Gasteiger partial charge on any atom is 0.328 e. The standard InChI is InChI=1S/C16H14N2O2S2/c17-14-13(15(19)20-12-9-5-2-6-10-12)22-16(21)18(14)11-7-3-1-4-8-11/h1-10,13-14H,17H2/t13-,14-/m0/s1. The van der Waals surface area contributed by atoms with Gasteiger partial charge in [-0.1, -0.05) is 60.4 Å². The topological polar surface area (TPSA) is 55.6 Å². The highest BCUT2D eigenvalue weighted by atomic mass is 32.2. The summed E-state index contributed by atoms with van der Waals surface area (Å²) in [5.74, 6) is 0.119. The number of anilines is 1. The number of benzene rings is 2. The zero-order valence-electron chi connectivity index (χ0n) is 11.6. The molecule has 4 nitrogen and oxygen atoms in total. The van der Waals surface area contributed by atoms with Crippen molar-refractivity contribution in [3.8, 4) is 5.75 Å². The smallest absolute Gasteiger partial charge is 0.328 e. The first-order valence-corrected chi connectivity index (χ1v) is 8.03. The van der Waals surface area contributed by atoms with Crippen molar-refractivity contribution in [2.24, 2.45) is 5.73 Å². The van der Waals surface area contributed by atoms with Crippen LogP contribution < -0.4 is 15.4 Å². The molecule has 0 bridgehead atoms. The van der Waals surface area contributed by atoms with Gasteiger partial charge in [0.1, 0.15) is 21.5 Å². The minimum atomic E-state index is -0.548. The highest BCUT2D eigenvalue weighted by molar-refractivity contribution is 8.24. The van der Waals surface area contributed by atoms with Crippen molar-refractivity contribution in [1.29, 1.82) is 0 Å². The summed E-state index contributed by atoms with van der Waals surface area (Å²) in [7, 11) is 0. The van der Waals surface area contributed by atoms with Gasteiger partial charge in [0, 0.05) is 5.69 Å². The number of para-hydroxylation sites is 2. The lowest BCUT2D eigenvalue weighted by Gasteiger charge is -2.24. The normalized spacial score (nSPS) is 21.0. The van der Waals surface area contributed by atoms with Crippen LogP contribution in [0.15, 0.2) is 60.7 Å². The average Bonchev–Trinajstić information content (AvgIpc) is 2.84. The molecule has 22 heavy (non-hydrogen) atoms. The number of carbonyl (C=O) groups is 1. The molecule has 1 aliphatic rings. The fraction of sp³-hybridized carbons (Fsp3) is 0.125. The average molecular weight is 330 g/mol. The van der Waals surface area contributed by atoms with E-state index in [2.05, 4.69) is 0 Å². The Hall–Kier alpha value is -1.89. The third-order valence-corrected chi connectivity index (χ3v) is 4.87. The molecule has 112 valence electrons. The summed E-state index contributed by atoms with van der Waals surface area (Å²) < 4.78 is 5.95.